The number of nitrogens with zero attached hydrogens (tertiary/aromatic N) is 2. The first kappa shape index (κ1) is 13.0. The highest BCUT2D eigenvalue weighted by molar-refractivity contribution is 5.46. The van der Waals surface area contributed by atoms with E-state index in [2.05, 4.69) is 29.9 Å². The van der Waals surface area contributed by atoms with Crippen molar-refractivity contribution in [1.29, 1.82) is 0 Å². The Hall–Kier alpha value is -1.09. The average Bonchev–Trinajstić information content (AvgIpc) is 2.29. The third-order valence-electron chi connectivity index (χ3n) is 2.77. The van der Waals surface area contributed by atoms with E-state index in [0.717, 1.165) is 23.6 Å². The summed E-state index contributed by atoms with van der Waals surface area (Å²) in [5, 5.41) is 0. The molecule has 0 unspecified atom stereocenters. The van der Waals surface area contributed by atoms with E-state index in [-0.39, 0.29) is 0 Å². The van der Waals surface area contributed by atoms with Gasteiger partial charge in [0.15, 0.2) is 0 Å². The van der Waals surface area contributed by atoms with Crippen LogP contribution in [0.15, 0.2) is 12.1 Å². The second-order valence-corrected chi connectivity index (χ2v) is 4.27. The Labute approximate surface area is 98.7 Å². The first-order valence-corrected chi connectivity index (χ1v) is 6.06. The minimum absolute atomic E-state index is 0.556. The molecule has 0 radical (unpaired) electrons. The number of unbranched alkanes of at least 4 members (excludes halogenated alkanes) is 2. The van der Waals surface area contributed by atoms with Gasteiger partial charge in [0.2, 0.25) is 0 Å². The molecule has 0 aromatic carbocycles. The van der Waals surface area contributed by atoms with Crippen LogP contribution in [-0.2, 0) is 6.54 Å². The molecule has 1 rings (SSSR count). The van der Waals surface area contributed by atoms with Crippen molar-refractivity contribution < 1.29 is 0 Å². The van der Waals surface area contributed by atoms with Gasteiger partial charge in [-0.15, -0.1) is 0 Å². The van der Waals surface area contributed by atoms with E-state index in [0.29, 0.717) is 6.54 Å². The quantitative estimate of drug-likeness (QED) is 0.750. The number of hydrogen-bond acceptors (Lipinski definition) is 3. The summed E-state index contributed by atoms with van der Waals surface area (Å²) >= 11 is 0. The molecule has 0 spiro atoms. The van der Waals surface area contributed by atoms with Gasteiger partial charge in [-0.3, -0.25) is 0 Å². The van der Waals surface area contributed by atoms with Gasteiger partial charge in [0.25, 0.3) is 0 Å². The average molecular weight is 221 g/mol. The van der Waals surface area contributed by atoms with Gasteiger partial charge in [-0.2, -0.15) is 0 Å². The van der Waals surface area contributed by atoms with E-state index < -0.39 is 0 Å². The Balaban J connectivity index is 2.72. The number of nitrogens with two attached hydrogens (primary N) is 1. The monoisotopic (exact) mass is 221 g/mol. The molecule has 0 aliphatic carbocycles. The van der Waals surface area contributed by atoms with Crippen molar-refractivity contribution in [2.45, 2.75) is 39.7 Å². The highest BCUT2D eigenvalue weighted by Crippen LogP contribution is 2.17. The van der Waals surface area contributed by atoms with Gasteiger partial charge in [-0.05, 0) is 19.4 Å². The molecule has 3 nitrogen and oxygen atoms in total. The maximum Gasteiger partial charge on any atom is 0.133 e. The maximum atomic E-state index is 5.73. The van der Waals surface area contributed by atoms with Gasteiger partial charge in [0.05, 0.1) is 0 Å². The Kier molecular flexibility index (Phi) is 5.26. The fourth-order valence-electron chi connectivity index (χ4n) is 1.77. The van der Waals surface area contributed by atoms with Crippen LogP contribution in [-0.4, -0.2) is 18.6 Å². The number of aromatic nitrogens is 1. The summed E-state index contributed by atoms with van der Waals surface area (Å²) in [5.74, 6) is 1.04. The number of pyridine rings is 1. The first-order valence-electron chi connectivity index (χ1n) is 6.06. The van der Waals surface area contributed by atoms with E-state index in [1.165, 1.54) is 19.3 Å². The van der Waals surface area contributed by atoms with Gasteiger partial charge in [0, 0.05) is 31.4 Å². The molecule has 16 heavy (non-hydrogen) atoms. The fourth-order valence-corrected chi connectivity index (χ4v) is 1.77. The van der Waals surface area contributed by atoms with E-state index in [4.69, 9.17) is 5.73 Å². The normalized spacial score (nSPS) is 10.5. The van der Waals surface area contributed by atoms with Crippen molar-refractivity contribution in [3.63, 3.8) is 0 Å². The van der Waals surface area contributed by atoms with Crippen LogP contribution in [0.5, 0.6) is 0 Å². The minimum Gasteiger partial charge on any atom is -0.359 e. The summed E-state index contributed by atoms with van der Waals surface area (Å²) in [6, 6.07) is 4.10. The van der Waals surface area contributed by atoms with Crippen LogP contribution < -0.4 is 10.6 Å². The molecule has 1 aromatic rings. The third kappa shape index (κ3) is 3.49. The van der Waals surface area contributed by atoms with Gasteiger partial charge in [-0.1, -0.05) is 25.8 Å². The Morgan fingerprint density at radius 2 is 2.06 bits per heavy atom. The molecule has 0 saturated carbocycles. The lowest BCUT2D eigenvalue weighted by molar-refractivity contribution is 0.698. The number of anilines is 1. The summed E-state index contributed by atoms with van der Waals surface area (Å²) in [7, 11) is 2.09. The molecular weight excluding hydrogens is 198 g/mol. The molecule has 0 aliphatic rings. The molecular formula is C13H23N3. The number of hydrogen-bond donors (Lipinski definition) is 1. The van der Waals surface area contributed by atoms with E-state index in [9.17, 15) is 0 Å². The smallest absolute Gasteiger partial charge is 0.133 e. The minimum atomic E-state index is 0.556. The fraction of sp³-hybridized carbons (Fsp3) is 0.615. The zero-order valence-electron chi connectivity index (χ0n) is 10.7. The number of rotatable bonds is 6. The molecule has 0 atom stereocenters. The summed E-state index contributed by atoms with van der Waals surface area (Å²) in [4.78, 5) is 6.78. The van der Waals surface area contributed by atoms with Crippen molar-refractivity contribution in [2.24, 2.45) is 5.73 Å². The molecule has 0 amide bonds. The molecule has 0 aliphatic heterocycles. The molecule has 0 bridgehead atoms. The third-order valence-corrected chi connectivity index (χ3v) is 2.77. The predicted octanol–water partition coefficient (Wildman–Crippen LogP) is 2.48. The first-order chi connectivity index (χ1) is 7.69. The molecule has 2 N–H and O–H groups in total. The van der Waals surface area contributed by atoms with Crippen LogP contribution in [0.3, 0.4) is 0 Å². The van der Waals surface area contributed by atoms with Gasteiger partial charge in [-0.25, -0.2) is 4.98 Å². The Bertz CT molecular complexity index is 323. The van der Waals surface area contributed by atoms with E-state index >= 15 is 0 Å². The lowest BCUT2D eigenvalue weighted by atomic mass is 10.2. The summed E-state index contributed by atoms with van der Waals surface area (Å²) in [5.41, 5.74) is 7.91. The van der Waals surface area contributed by atoms with Crippen molar-refractivity contribution >= 4 is 5.82 Å². The second-order valence-electron chi connectivity index (χ2n) is 4.27. The van der Waals surface area contributed by atoms with E-state index in [1.807, 2.05) is 13.0 Å². The van der Waals surface area contributed by atoms with E-state index in [1.54, 1.807) is 0 Å². The largest absolute Gasteiger partial charge is 0.359 e. The van der Waals surface area contributed by atoms with Gasteiger partial charge >= 0.3 is 0 Å². The highest BCUT2D eigenvalue weighted by atomic mass is 15.2. The van der Waals surface area contributed by atoms with Crippen LogP contribution in [0.2, 0.25) is 0 Å². The van der Waals surface area contributed by atoms with Crippen LogP contribution in [0.25, 0.3) is 0 Å². The molecule has 90 valence electrons. The summed E-state index contributed by atoms with van der Waals surface area (Å²) in [6.07, 6.45) is 3.74. The maximum absolute atomic E-state index is 5.73. The summed E-state index contributed by atoms with van der Waals surface area (Å²) < 4.78 is 0. The Morgan fingerprint density at radius 1 is 1.31 bits per heavy atom. The SMILES string of the molecule is CCCCCN(C)c1nc(C)ccc1CN. The molecule has 1 aromatic heterocycles. The van der Waals surface area contributed by atoms with Crippen LogP contribution in [0, 0.1) is 6.92 Å². The predicted molar refractivity (Wildman–Crippen MR) is 69.7 cm³/mol. The zero-order chi connectivity index (χ0) is 12.0. The zero-order valence-corrected chi connectivity index (χ0v) is 10.7. The second kappa shape index (κ2) is 6.48. The molecule has 3 heteroatoms. The lowest BCUT2D eigenvalue weighted by Crippen LogP contribution is -2.22. The number of aryl methyl sites for hydroxylation is 1. The van der Waals surface area contributed by atoms with Crippen LogP contribution in [0.1, 0.15) is 37.4 Å². The standard InChI is InChI=1S/C13H23N3/c1-4-5-6-9-16(3)13-12(10-14)8-7-11(2)15-13/h7-8H,4-6,9-10,14H2,1-3H3. The van der Waals surface area contributed by atoms with Crippen LogP contribution in [0.4, 0.5) is 5.82 Å². The molecule has 0 fully saturated rings. The Morgan fingerprint density at radius 3 is 2.69 bits per heavy atom. The van der Waals surface area contributed by atoms with Gasteiger partial charge in [0.1, 0.15) is 5.82 Å². The molecule has 1 heterocycles. The van der Waals surface area contributed by atoms with Crippen molar-refractivity contribution in [2.75, 3.05) is 18.5 Å². The van der Waals surface area contributed by atoms with Crippen molar-refractivity contribution in [1.82, 2.24) is 4.98 Å². The molecule has 0 saturated heterocycles. The van der Waals surface area contributed by atoms with Crippen LogP contribution >= 0.6 is 0 Å². The summed E-state index contributed by atoms with van der Waals surface area (Å²) in [6.45, 7) is 5.85. The van der Waals surface area contributed by atoms with Gasteiger partial charge < -0.3 is 10.6 Å². The lowest BCUT2D eigenvalue weighted by Gasteiger charge is -2.21. The topological polar surface area (TPSA) is 42.2 Å². The van der Waals surface area contributed by atoms with Crippen molar-refractivity contribution in [3.05, 3.63) is 23.4 Å². The van der Waals surface area contributed by atoms with Crippen molar-refractivity contribution in [3.8, 4) is 0 Å². The highest BCUT2D eigenvalue weighted by Gasteiger charge is 2.07.